The third kappa shape index (κ3) is 5.95. The highest BCUT2D eigenvalue weighted by Gasteiger charge is 2.22. The molecule has 2 aromatic rings. The maximum Gasteiger partial charge on any atom is 0.243 e. The van der Waals surface area contributed by atoms with E-state index in [0.29, 0.717) is 23.7 Å². The third-order valence-corrected chi connectivity index (χ3v) is 6.22. The lowest BCUT2D eigenvalue weighted by Crippen LogP contribution is -2.38. The largest absolute Gasteiger partial charge is 0.497 e. The molecule has 0 aliphatic heterocycles. The number of likely N-dealkylation sites (N-methyl/N-ethyl adjacent to an activating group) is 1. The number of amides is 1. The predicted molar refractivity (Wildman–Crippen MR) is 106 cm³/mol. The topological polar surface area (TPSA) is 75.7 Å². The quantitative estimate of drug-likeness (QED) is 0.645. The lowest BCUT2D eigenvalue weighted by Gasteiger charge is -2.17. The van der Waals surface area contributed by atoms with Gasteiger partial charge in [-0.3, -0.25) is 4.79 Å². The summed E-state index contributed by atoms with van der Waals surface area (Å²) in [6.07, 6.45) is 1.45. The number of halogens is 1. The second kappa shape index (κ2) is 9.73. The van der Waals surface area contributed by atoms with Crippen LogP contribution in [0, 0.1) is 0 Å². The van der Waals surface area contributed by atoms with Gasteiger partial charge in [-0.2, -0.15) is 4.31 Å². The van der Waals surface area contributed by atoms with E-state index in [1.54, 1.807) is 12.1 Å². The van der Waals surface area contributed by atoms with Crippen molar-refractivity contribution in [2.24, 2.45) is 0 Å². The van der Waals surface area contributed by atoms with Gasteiger partial charge in [0, 0.05) is 18.6 Å². The number of ether oxygens (including phenoxy) is 1. The molecular weight excluding hydrogens is 388 g/mol. The first-order valence-corrected chi connectivity index (χ1v) is 10.3. The van der Waals surface area contributed by atoms with Crippen LogP contribution < -0.4 is 10.1 Å². The fourth-order valence-corrected chi connectivity index (χ4v) is 3.84. The SMILES string of the molecule is COc1ccc(S(=O)(=O)N(C)CC(=O)NCCCc2ccccc2Cl)cc1. The van der Waals surface area contributed by atoms with Gasteiger partial charge in [-0.25, -0.2) is 8.42 Å². The summed E-state index contributed by atoms with van der Waals surface area (Å²) in [7, 11) is -0.855. The van der Waals surface area contributed by atoms with Crippen molar-refractivity contribution in [1.82, 2.24) is 9.62 Å². The average molecular weight is 411 g/mol. The van der Waals surface area contributed by atoms with E-state index in [4.69, 9.17) is 16.3 Å². The number of rotatable bonds is 9. The molecule has 1 amide bonds. The molecule has 1 N–H and O–H groups in total. The first kappa shape index (κ1) is 21.2. The number of methoxy groups -OCH3 is 1. The van der Waals surface area contributed by atoms with E-state index in [1.807, 2.05) is 24.3 Å². The Labute approximate surface area is 165 Å². The summed E-state index contributed by atoms with van der Waals surface area (Å²) in [4.78, 5) is 12.2. The van der Waals surface area contributed by atoms with E-state index < -0.39 is 10.0 Å². The Morgan fingerprint density at radius 1 is 1.15 bits per heavy atom. The van der Waals surface area contributed by atoms with E-state index >= 15 is 0 Å². The highest BCUT2D eigenvalue weighted by atomic mass is 35.5. The molecule has 0 saturated carbocycles. The lowest BCUT2D eigenvalue weighted by molar-refractivity contribution is -0.121. The van der Waals surface area contributed by atoms with Crippen LogP contribution in [0.4, 0.5) is 0 Å². The van der Waals surface area contributed by atoms with Crippen LogP contribution in [-0.2, 0) is 21.2 Å². The molecule has 0 aliphatic rings. The Balaban J connectivity index is 1.82. The Morgan fingerprint density at radius 3 is 2.44 bits per heavy atom. The van der Waals surface area contributed by atoms with Crippen molar-refractivity contribution in [1.29, 1.82) is 0 Å². The molecule has 0 bridgehead atoms. The van der Waals surface area contributed by atoms with Gasteiger partial charge < -0.3 is 10.1 Å². The highest BCUT2D eigenvalue weighted by Crippen LogP contribution is 2.18. The summed E-state index contributed by atoms with van der Waals surface area (Å²) >= 11 is 6.09. The van der Waals surface area contributed by atoms with Crippen molar-refractivity contribution >= 4 is 27.5 Å². The van der Waals surface area contributed by atoms with Crippen LogP contribution in [0.5, 0.6) is 5.75 Å². The number of hydrogen-bond donors (Lipinski definition) is 1. The summed E-state index contributed by atoms with van der Waals surface area (Å²) in [6, 6.07) is 13.6. The van der Waals surface area contributed by atoms with Crippen molar-refractivity contribution in [2.75, 3.05) is 27.2 Å². The molecule has 27 heavy (non-hydrogen) atoms. The van der Waals surface area contributed by atoms with Crippen LogP contribution in [0.1, 0.15) is 12.0 Å². The summed E-state index contributed by atoms with van der Waals surface area (Å²) in [5, 5.41) is 3.44. The Kier molecular flexibility index (Phi) is 7.65. The summed E-state index contributed by atoms with van der Waals surface area (Å²) in [6.45, 7) is 0.195. The third-order valence-electron chi connectivity index (χ3n) is 4.04. The number of hydrogen-bond acceptors (Lipinski definition) is 4. The predicted octanol–water partition coefficient (Wildman–Crippen LogP) is 2.72. The number of benzene rings is 2. The van der Waals surface area contributed by atoms with Gasteiger partial charge >= 0.3 is 0 Å². The van der Waals surface area contributed by atoms with Gasteiger partial charge in [0.05, 0.1) is 18.6 Å². The minimum absolute atomic E-state index is 0.109. The van der Waals surface area contributed by atoms with Gasteiger partial charge in [-0.1, -0.05) is 29.8 Å². The fraction of sp³-hybridized carbons (Fsp3) is 0.316. The van der Waals surface area contributed by atoms with Crippen LogP contribution in [0.15, 0.2) is 53.4 Å². The molecule has 8 heteroatoms. The first-order valence-electron chi connectivity index (χ1n) is 8.45. The number of carbonyl (C=O) groups excluding carboxylic acids is 1. The van der Waals surface area contributed by atoms with Gasteiger partial charge in [-0.15, -0.1) is 0 Å². The second-order valence-electron chi connectivity index (χ2n) is 5.98. The molecule has 2 rings (SSSR count). The van der Waals surface area contributed by atoms with Crippen molar-refractivity contribution in [3.8, 4) is 5.75 Å². The standard InChI is InChI=1S/C19H23ClN2O4S/c1-22(27(24,25)17-11-9-16(26-2)10-12-17)14-19(23)21-13-5-7-15-6-3-4-8-18(15)20/h3-4,6,8-12H,5,7,13-14H2,1-2H3,(H,21,23). The average Bonchev–Trinajstić information content (AvgIpc) is 2.66. The first-order chi connectivity index (χ1) is 12.8. The van der Waals surface area contributed by atoms with Crippen LogP contribution in [0.2, 0.25) is 5.02 Å². The van der Waals surface area contributed by atoms with E-state index in [2.05, 4.69) is 5.32 Å². The highest BCUT2D eigenvalue weighted by molar-refractivity contribution is 7.89. The van der Waals surface area contributed by atoms with E-state index in [-0.39, 0.29) is 17.3 Å². The van der Waals surface area contributed by atoms with Crippen molar-refractivity contribution in [3.63, 3.8) is 0 Å². The molecule has 6 nitrogen and oxygen atoms in total. The molecule has 0 spiro atoms. The number of nitrogens with one attached hydrogen (secondary N) is 1. The molecule has 0 fully saturated rings. The van der Waals surface area contributed by atoms with Crippen LogP contribution in [-0.4, -0.2) is 45.9 Å². The van der Waals surface area contributed by atoms with Crippen LogP contribution in [0.3, 0.4) is 0 Å². The maximum absolute atomic E-state index is 12.5. The smallest absolute Gasteiger partial charge is 0.243 e. The molecule has 0 heterocycles. The fourth-order valence-electron chi connectivity index (χ4n) is 2.48. The molecule has 0 aliphatic carbocycles. The maximum atomic E-state index is 12.5. The zero-order valence-corrected chi connectivity index (χ0v) is 16.9. The van der Waals surface area contributed by atoms with E-state index in [1.165, 1.54) is 26.3 Å². The Morgan fingerprint density at radius 2 is 1.81 bits per heavy atom. The molecule has 0 aromatic heterocycles. The molecule has 146 valence electrons. The number of sulfonamides is 1. The van der Waals surface area contributed by atoms with Crippen molar-refractivity contribution in [3.05, 3.63) is 59.1 Å². The van der Waals surface area contributed by atoms with Crippen LogP contribution in [0.25, 0.3) is 0 Å². The van der Waals surface area contributed by atoms with Gasteiger partial charge in [0.2, 0.25) is 15.9 Å². The Bertz CT molecular complexity index is 870. The zero-order chi connectivity index (χ0) is 19.9. The van der Waals surface area contributed by atoms with E-state index in [0.717, 1.165) is 16.3 Å². The lowest BCUT2D eigenvalue weighted by atomic mass is 10.1. The number of aryl methyl sites for hydroxylation is 1. The summed E-state index contributed by atoms with van der Waals surface area (Å²) in [5.74, 6) is 0.210. The minimum atomic E-state index is -3.74. The zero-order valence-electron chi connectivity index (χ0n) is 15.3. The van der Waals surface area contributed by atoms with E-state index in [9.17, 15) is 13.2 Å². The molecule has 0 saturated heterocycles. The monoisotopic (exact) mass is 410 g/mol. The minimum Gasteiger partial charge on any atom is -0.497 e. The molecule has 0 atom stereocenters. The summed E-state index contributed by atoms with van der Waals surface area (Å²) in [5.41, 5.74) is 1.02. The molecule has 0 radical (unpaired) electrons. The van der Waals surface area contributed by atoms with Gasteiger partial charge in [-0.05, 0) is 48.7 Å². The molecule has 0 unspecified atom stereocenters. The van der Waals surface area contributed by atoms with Gasteiger partial charge in [0.1, 0.15) is 5.75 Å². The normalized spacial score (nSPS) is 11.4. The Hall–Kier alpha value is -2.09. The molecular formula is C19H23ClN2O4S. The number of carbonyl (C=O) groups is 1. The van der Waals surface area contributed by atoms with Crippen LogP contribution >= 0.6 is 11.6 Å². The van der Waals surface area contributed by atoms with Gasteiger partial charge in [0.25, 0.3) is 0 Å². The van der Waals surface area contributed by atoms with Gasteiger partial charge in [0.15, 0.2) is 0 Å². The van der Waals surface area contributed by atoms with Crippen molar-refractivity contribution in [2.45, 2.75) is 17.7 Å². The van der Waals surface area contributed by atoms with Crippen molar-refractivity contribution < 1.29 is 17.9 Å². The number of nitrogens with zero attached hydrogens (tertiary/aromatic N) is 1. The second-order valence-corrected chi connectivity index (χ2v) is 8.43. The molecule has 2 aromatic carbocycles. The summed E-state index contributed by atoms with van der Waals surface area (Å²) < 4.78 is 31.1.